The molecule has 0 spiro atoms. The molecule has 3 rings (SSSR count). The van der Waals surface area contributed by atoms with Crippen LogP contribution in [0.2, 0.25) is 0 Å². The van der Waals surface area contributed by atoms with Crippen LogP contribution in [0.1, 0.15) is 39.6 Å². The molecule has 25 heavy (non-hydrogen) atoms. The number of carbonyl (C=O) groups excluding carboxylic acids is 3. The van der Waals surface area contributed by atoms with Crippen molar-refractivity contribution in [2.24, 2.45) is 11.8 Å². The van der Waals surface area contributed by atoms with E-state index >= 15 is 0 Å². The van der Waals surface area contributed by atoms with Gasteiger partial charge in [0.25, 0.3) is 11.8 Å². The quantitative estimate of drug-likeness (QED) is 0.830. The molecule has 1 saturated heterocycles. The van der Waals surface area contributed by atoms with Crippen molar-refractivity contribution >= 4 is 23.7 Å². The summed E-state index contributed by atoms with van der Waals surface area (Å²) in [5.41, 5.74) is 1.48. The summed E-state index contributed by atoms with van der Waals surface area (Å²) in [5.74, 6) is -2.84. The van der Waals surface area contributed by atoms with Crippen LogP contribution in [0.4, 0.5) is 0 Å². The Labute approximate surface area is 145 Å². The average molecular weight is 344 g/mol. The van der Waals surface area contributed by atoms with Crippen molar-refractivity contribution in [2.75, 3.05) is 19.6 Å². The summed E-state index contributed by atoms with van der Waals surface area (Å²) in [5, 5.41) is 9.21. The third-order valence-electron chi connectivity index (χ3n) is 4.78. The van der Waals surface area contributed by atoms with Gasteiger partial charge >= 0.3 is 5.97 Å². The first kappa shape index (κ1) is 17.1. The van der Waals surface area contributed by atoms with Crippen molar-refractivity contribution in [3.63, 3.8) is 0 Å². The number of rotatable bonds is 3. The average Bonchev–Trinajstić information content (AvgIpc) is 2.78. The van der Waals surface area contributed by atoms with Gasteiger partial charge in [-0.25, -0.2) is 0 Å². The van der Waals surface area contributed by atoms with Crippen molar-refractivity contribution in [3.05, 3.63) is 34.9 Å². The topological polar surface area (TPSA) is 95.0 Å². The molecule has 0 aliphatic carbocycles. The van der Waals surface area contributed by atoms with E-state index in [-0.39, 0.29) is 19.0 Å². The maximum Gasteiger partial charge on any atom is 0.308 e. The number of amides is 3. The summed E-state index contributed by atoms with van der Waals surface area (Å²) in [6.45, 7) is 3.91. The number of carboxylic acid groups (broad SMARTS) is 1. The number of carboxylic acids is 1. The first-order valence-electron chi connectivity index (χ1n) is 8.25. The number of hydrogen-bond acceptors (Lipinski definition) is 4. The van der Waals surface area contributed by atoms with Gasteiger partial charge in [0.1, 0.15) is 6.54 Å². The molecule has 1 aromatic carbocycles. The number of nitrogens with zero attached hydrogens (tertiary/aromatic N) is 2. The maximum atomic E-state index is 12.6. The third-order valence-corrected chi connectivity index (χ3v) is 4.78. The van der Waals surface area contributed by atoms with Gasteiger partial charge in [0.05, 0.1) is 17.0 Å². The molecular weight excluding hydrogens is 324 g/mol. The summed E-state index contributed by atoms with van der Waals surface area (Å²) in [6, 6.07) is 4.99. The number of hydrogen-bond donors (Lipinski definition) is 1. The molecule has 2 aliphatic heterocycles. The van der Waals surface area contributed by atoms with E-state index in [1.165, 1.54) is 4.90 Å². The van der Waals surface area contributed by atoms with Gasteiger partial charge in [0, 0.05) is 13.1 Å². The molecule has 2 heterocycles. The van der Waals surface area contributed by atoms with Crippen LogP contribution in [0, 0.1) is 18.8 Å². The van der Waals surface area contributed by atoms with E-state index in [1.807, 2.05) is 13.8 Å². The van der Waals surface area contributed by atoms with Crippen molar-refractivity contribution in [1.82, 2.24) is 9.80 Å². The zero-order valence-corrected chi connectivity index (χ0v) is 14.2. The van der Waals surface area contributed by atoms with Crippen LogP contribution in [-0.4, -0.2) is 58.2 Å². The van der Waals surface area contributed by atoms with E-state index in [0.29, 0.717) is 24.1 Å². The minimum atomic E-state index is -0.930. The van der Waals surface area contributed by atoms with Crippen molar-refractivity contribution in [2.45, 2.75) is 20.3 Å². The molecule has 132 valence electrons. The molecule has 2 atom stereocenters. The van der Waals surface area contributed by atoms with Crippen LogP contribution in [0.25, 0.3) is 0 Å². The van der Waals surface area contributed by atoms with E-state index in [0.717, 1.165) is 10.5 Å². The zero-order valence-electron chi connectivity index (χ0n) is 14.2. The molecule has 1 N–H and O–H groups in total. The number of likely N-dealkylation sites (tertiary alicyclic amines) is 1. The molecule has 0 radical (unpaired) electrons. The second kappa shape index (κ2) is 6.31. The summed E-state index contributed by atoms with van der Waals surface area (Å²) in [6.07, 6.45) is 0.519. The molecule has 7 heteroatoms. The van der Waals surface area contributed by atoms with Gasteiger partial charge in [-0.15, -0.1) is 0 Å². The molecule has 0 aromatic heterocycles. The number of piperidine rings is 1. The van der Waals surface area contributed by atoms with Crippen LogP contribution in [-0.2, 0) is 9.59 Å². The van der Waals surface area contributed by atoms with Crippen molar-refractivity contribution in [3.8, 4) is 0 Å². The van der Waals surface area contributed by atoms with E-state index in [1.54, 1.807) is 18.2 Å². The second-order valence-electron chi connectivity index (χ2n) is 6.92. The van der Waals surface area contributed by atoms with Gasteiger partial charge in [-0.05, 0) is 31.4 Å². The van der Waals surface area contributed by atoms with Crippen LogP contribution in [0.5, 0.6) is 0 Å². The zero-order chi connectivity index (χ0) is 18.3. The Kier molecular flexibility index (Phi) is 4.32. The molecule has 2 aliphatic rings. The predicted octanol–water partition coefficient (Wildman–Crippen LogP) is 1.16. The Bertz CT molecular complexity index is 773. The number of benzene rings is 1. The van der Waals surface area contributed by atoms with Crippen LogP contribution < -0.4 is 0 Å². The molecule has 3 amide bonds. The minimum absolute atomic E-state index is 0.0589. The highest BCUT2D eigenvalue weighted by molar-refractivity contribution is 6.22. The lowest BCUT2D eigenvalue weighted by atomic mass is 9.90. The molecule has 2 unspecified atom stereocenters. The fourth-order valence-corrected chi connectivity index (χ4v) is 3.52. The SMILES string of the molecule is Cc1ccc2c(c1)C(=O)N(CC(=O)N1CC(C)CC(C(=O)O)C1)C2=O. The van der Waals surface area contributed by atoms with Crippen LogP contribution in [0.15, 0.2) is 18.2 Å². The minimum Gasteiger partial charge on any atom is -0.481 e. The standard InChI is InChI=1S/C18H20N2O5/c1-10-3-4-13-14(6-10)17(23)20(16(13)22)9-15(21)19-7-11(2)5-12(8-19)18(24)25/h3-4,6,11-12H,5,7-9H2,1-2H3,(H,24,25). The van der Waals surface area contributed by atoms with Gasteiger partial charge in [-0.3, -0.25) is 24.1 Å². The first-order chi connectivity index (χ1) is 11.8. The highest BCUT2D eigenvalue weighted by atomic mass is 16.4. The highest BCUT2D eigenvalue weighted by Crippen LogP contribution is 2.25. The van der Waals surface area contributed by atoms with Gasteiger partial charge in [0.15, 0.2) is 0 Å². The molecule has 1 fully saturated rings. The van der Waals surface area contributed by atoms with Gasteiger partial charge in [-0.2, -0.15) is 0 Å². The summed E-state index contributed by atoms with van der Waals surface area (Å²) >= 11 is 0. The number of carbonyl (C=O) groups is 4. The normalized spacial score (nSPS) is 23.0. The first-order valence-corrected chi connectivity index (χ1v) is 8.25. The Morgan fingerprint density at radius 3 is 2.52 bits per heavy atom. The van der Waals surface area contributed by atoms with Crippen LogP contribution >= 0.6 is 0 Å². The molecule has 0 saturated carbocycles. The summed E-state index contributed by atoms with van der Waals surface area (Å²) < 4.78 is 0. The lowest BCUT2D eigenvalue weighted by Gasteiger charge is -2.35. The van der Waals surface area contributed by atoms with E-state index < -0.39 is 29.6 Å². The number of imide groups is 1. The monoisotopic (exact) mass is 344 g/mol. The Morgan fingerprint density at radius 2 is 1.84 bits per heavy atom. The Balaban J connectivity index is 1.74. The molecular formula is C18H20N2O5. The lowest BCUT2D eigenvalue weighted by molar-refractivity contribution is -0.147. The highest BCUT2D eigenvalue weighted by Gasteiger charge is 2.39. The fourth-order valence-electron chi connectivity index (χ4n) is 3.52. The van der Waals surface area contributed by atoms with Gasteiger partial charge in [-0.1, -0.05) is 18.6 Å². The second-order valence-corrected chi connectivity index (χ2v) is 6.92. The fraction of sp³-hybridized carbons (Fsp3) is 0.444. The smallest absolute Gasteiger partial charge is 0.308 e. The van der Waals surface area contributed by atoms with E-state index in [4.69, 9.17) is 0 Å². The largest absolute Gasteiger partial charge is 0.481 e. The van der Waals surface area contributed by atoms with E-state index in [9.17, 15) is 24.3 Å². The maximum absolute atomic E-state index is 12.6. The summed E-state index contributed by atoms with van der Waals surface area (Å²) in [7, 11) is 0. The molecule has 0 bridgehead atoms. The number of aliphatic carboxylic acids is 1. The van der Waals surface area contributed by atoms with Crippen LogP contribution in [0.3, 0.4) is 0 Å². The predicted molar refractivity (Wildman–Crippen MR) is 88.0 cm³/mol. The molecule has 1 aromatic rings. The third kappa shape index (κ3) is 3.14. The number of fused-ring (bicyclic) bond motifs is 1. The molecule has 7 nitrogen and oxygen atoms in total. The summed E-state index contributed by atoms with van der Waals surface area (Å²) in [4.78, 5) is 51.1. The van der Waals surface area contributed by atoms with E-state index in [2.05, 4.69) is 0 Å². The van der Waals surface area contributed by atoms with Crippen molar-refractivity contribution < 1.29 is 24.3 Å². The lowest BCUT2D eigenvalue weighted by Crippen LogP contribution is -2.49. The Morgan fingerprint density at radius 1 is 1.16 bits per heavy atom. The Hall–Kier alpha value is -2.70. The van der Waals surface area contributed by atoms with Crippen molar-refractivity contribution in [1.29, 1.82) is 0 Å². The van der Waals surface area contributed by atoms with Gasteiger partial charge < -0.3 is 10.0 Å². The number of aryl methyl sites for hydroxylation is 1. The van der Waals surface area contributed by atoms with Gasteiger partial charge in [0.2, 0.25) is 5.91 Å².